The van der Waals surface area contributed by atoms with Crippen molar-refractivity contribution < 1.29 is 9.50 Å². The Morgan fingerprint density at radius 2 is 2.45 bits per heavy atom. The zero-order valence-electron chi connectivity index (χ0n) is 5.87. The van der Waals surface area contributed by atoms with Crippen LogP contribution in [0.2, 0.25) is 0 Å². The van der Waals surface area contributed by atoms with Gasteiger partial charge in [-0.25, -0.2) is 4.98 Å². The average Bonchev–Trinajstić information content (AvgIpc) is 2.04. The van der Waals surface area contributed by atoms with Crippen molar-refractivity contribution in [2.45, 2.75) is 6.04 Å². The number of aliphatic hydroxyl groups is 1. The van der Waals surface area contributed by atoms with Gasteiger partial charge in [-0.3, -0.25) is 0 Å². The molecule has 4 heteroatoms. The van der Waals surface area contributed by atoms with Crippen molar-refractivity contribution in [1.82, 2.24) is 4.98 Å². The molecule has 0 aliphatic carbocycles. The van der Waals surface area contributed by atoms with Crippen molar-refractivity contribution in [2.75, 3.05) is 6.61 Å². The van der Waals surface area contributed by atoms with Gasteiger partial charge in [-0.1, -0.05) is 6.07 Å². The highest BCUT2D eigenvalue weighted by Gasteiger charge is 2.09. The molecule has 3 nitrogen and oxygen atoms in total. The molecule has 0 spiro atoms. The molecule has 11 heavy (non-hydrogen) atoms. The number of hydrogen-bond donors (Lipinski definition) is 2. The van der Waals surface area contributed by atoms with Gasteiger partial charge >= 0.3 is 0 Å². The molecule has 0 aliphatic heterocycles. The highest BCUT2D eigenvalue weighted by atomic mass is 19.1. The lowest BCUT2D eigenvalue weighted by atomic mass is 10.1. The number of aromatic nitrogens is 1. The predicted molar refractivity (Wildman–Crippen MR) is 38.2 cm³/mol. The third kappa shape index (κ3) is 1.72. The van der Waals surface area contributed by atoms with E-state index in [1.165, 1.54) is 12.3 Å². The summed E-state index contributed by atoms with van der Waals surface area (Å²) in [5.41, 5.74) is 5.61. The van der Waals surface area contributed by atoms with Gasteiger partial charge in [-0.05, 0) is 6.07 Å². The van der Waals surface area contributed by atoms with E-state index in [9.17, 15) is 4.39 Å². The van der Waals surface area contributed by atoms with Gasteiger partial charge in [0.15, 0.2) is 0 Å². The Bertz CT molecular complexity index is 242. The zero-order chi connectivity index (χ0) is 8.27. The molecule has 0 saturated heterocycles. The first-order valence-electron chi connectivity index (χ1n) is 3.22. The fourth-order valence-corrected chi connectivity index (χ4v) is 0.773. The second-order valence-corrected chi connectivity index (χ2v) is 2.17. The molecule has 1 aromatic heterocycles. The Morgan fingerprint density at radius 3 is 3.00 bits per heavy atom. The van der Waals surface area contributed by atoms with Gasteiger partial charge in [0.25, 0.3) is 0 Å². The first-order valence-corrected chi connectivity index (χ1v) is 3.22. The van der Waals surface area contributed by atoms with Crippen LogP contribution >= 0.6 is 0 Å². The minimum absolute atomic E-state index is 0.245. The fraction of sp³-hybridized carbons (Fsp3) is 0.286. The van der Waals surface area contributed by atoms with Crippen molar-refractivity contribution in [3.05, 3.63) is 29.8 Å². The van der Waals surface area contributed by atoms with Crippen LogP contribution in [0.25, 0.3) is 0 Å². The first-order chi connectivity index (χ1) is 5.25. The molecule has 60 valence electrons. The second kappa shape index (κ2) is 3.41. The highest BCUT2D eigenvalue weighted by molar-refractivity contribution is 5.14. The van der Waals surface area contributed by atoms with Crippen molar-refractivity contribution in [3.63, 3.8) is 0 Å². The van der Waals surface area contributed by atoms with Crippen LogP contribution in [0.15, 0.2) is 18.3 Å². The van der Waals surface area contributed by atoms with E-state index in [1.54, 1.807) is 6.07 Å². The number of aliphatic hydroxyl groups excluding tert-OH is 1. The lowest BCUT2D eigenvalue weighted by Crippen LogP contribution is -2.16. The summed E-state index contributed by atoms with van der Waals surface area (Å²) < 4.78 is 12.7. The average molecular weight is 156 g/mol. The minimum atomic E-state index is -0.677. The molecule has 0 saturated carbocycles. The summed E-state index contributed by atoms with van der Waals surface area (Å²) in [5.74, 6) is -0.617. The van der Waals surface area contributed by atoms with Crippen LogP contribution in [-0.4, -0.2) is 16.7 Å². The van der Waals surface area contributed by atoms with Crippen LogP contribution < -0.4 is 5.73 Å². The second-order valence-electron chi connectivity index (χ2n) is 2.17. The third-order valence-corrected chi connectivity index (χ3v) is 1.38. The molecule has 0 radical (unpaired) electrons. The van der Waals surface area contributed by atoms with Gasteiger partial charge in [-0.2, -0.15) is 4.39 Å². The lowest BCUT2D eigenvalue weighted by Gasteiger charge is -2.07. The standard InChI is InChI=1S/C7H9FN2O/c8-7-5(6(9)4-11)2-1-3-10-7/h1-3,6,11H,4,9H2. The molecule has 1 rings (SSSR count). The number of halogens is 1. The summed E-state index contributed by atoms with van der Waals surface area (Å²) in [5, 5.41) is 8.59. The molecule has 0 amide bonds. The Morgan fingerprint density at radius 1 is 1.73 bits per heavy atom. The molecular formula is C7H9FN2O. The summed E-state index contributed by atoms with van der Waals surface area (Å²) in [4.78, 5) is 3.39. The van der Waals surface area contributed by atoms with Crippen LogP contribution in [0.3, 0.4) is 0 Å². The largest absolute Gasteiger partial charge is 0.394 e. The quantitative estimate of drug-likeness (QED) is 0.602. The molecule has 1 atom stereocenters. The first kappa shape index (κ1) is 8.10. The molecule has 1 unspecified atom stereocenters. The normalized spacial score (nSPS) is 13.0. The Balaban J connectivity index is 2.93. The van der Waals surface area contributed by atoms with Crippen LogP contribution in [0.4, 0.5) is 4.39 Å². The molecule has 1 heterocycles. The maximum atomic E-state index is 12.7. The zero-order valence-corrected chi connectivity index (χ0v) is 5.87. The van der Waals surface area contributed by atoms with Gasteiger partial charge in [0.05, 0.1) is 12.6 Å². The van der Waals surface area contributed by atoms with Gasteiger partial charge in [0.2, 0.25) is 5.95 Å². The lowest BCUT2D eigenvalue weighted by molar-refractivity contribution is 0.264. The van der Waals surface area contributed by atoms with Crippen molar-refractivity contribution in [3.8, 4) is 0 Å². The van der Waals surface area contributed by atoms with Crippen molar-refractivity contribution in [2.24, 2.45) is 5.73 Å². The molecular weight excluding hydrogens is 147 g/mol. The predicted octanol–water partition coefficient (Wildman–Crippen LogP) is 0.213. The highest BCUT2D eigenvalue weighted by Crippen LogP contribution is 2.10. The minimum Gasteiger partial charge on any atom is -0.394 e. The molecule has 1 aromatic rings. The van der Waals surface area contributed by atoms with Crippen LogP contribution in [0.5, 0.6) is 0 Å². The van der Waals surface area contributed by atoms with Crippen molar-refractivity contribution >= 4 is 0 Å². The number of nitrogens with zero attached hydrogens (tertiary/aromatic N) is 1. The molecule has 0 aromatic carbocycles. The maximum Gasteiger partial charge on any atom is 0.217 e. The van der Waals surface area contributed by atoms with E-state index in [1.807, 2.05) is 0 Å². The van der Waals surface area contributed by atoms with E-state index in [-0.39, 0.29) is 12.2 Å². The monoisotopic (exact) mass is 156 g/mol. The van der Waals surface area contributed by atoms with Crippen molar-refractivity contribution in [1.29, 1.82) is 0 Å². The smallest absolute Gasteiger partial charge is 0.217 e. The summed E-state index contributed by atoms with van der Waals surface area (Å²) in [6.45, 7) is -0.275. The van der Waals surface area contributed by atoms with E-state index in [0.29, 0.717) is 0 Å². The van der Waals surface area contributed by atoms with E-state index >= 15 is 0 Å². The third-order valence-electron chi connectivity index (χ3n) is 1.38. The molecule has 0 fully saturated rings. The molecule has 0 aliphatic rings. The van der Waals surface area contributed by atoms with E-state index in [0.717, 1.165) is 0 Å². The summed E-state index contributed by atoms with van der Waals surface area (Å²) >= 11 is 0. The summed E-state index contributed by atoms with van der Waals surface area (Å²) in [6.07, 6.45) is 1.34. The van der Waals surface area contributed by atoms with Crippen LogP contribution in [0, 0.1) is 5.95 Å². The van der Waals surface area contributed by atoms with E-state index in [4.69, 9.17) is 10.8 Å². The number of nitrogens with two attached hydrogens (primary N) is 1. The Hall–Kier alpha value is -1.00. The topological polar surface area (TPSA) is 59.1 Å². The fourth-order valence-electron chi connectivity index (χ4n) is 0.773. The van der Waals surface area contributed by atoms with E-state index < -0.39 is 12.0 Å². The maximum absolute atomic E-state index is 12.7. The Labute approximate surface area is 63.7 Å². The number of pyridine rings is 1. The molecule has 3 N–H and O–H groups in total. The summed E-state index contributed by atoms with van der Waals surface area (Å²) in [7, 11) is 0. The number of hydrogen-bond acceptors (Lipinski definition) is 3. The van der Waals surface area contributed by atoms with Crippen LogP contribution in [-0.2, 0) is 0 Å². The van der Waals surface area contributed by atoms with Gasteiger partial charge in [0.1, 0.15) is 0 Å². The molecule has 0 bridgehead atoms. The SMILES string of the molecule is NC(CO)c1cccnc1F. The van der Waals surface area contributed by atoms with Gasteiger partial charge in [-0.15, -0.1) is 0 Å². The van der Waals surface area contributed by atoms with Gasteiger partial charge in [0, 0.05) is 11.8 Å². The summed E-state index contributed by atoms with van der Waals surface area (Å²) in [6, 6.07) is 2.40. The van der Waals surface area contributed by atoms with Crippen LogP contribution in [0.1, 0.15) is 11.6 Å². The van der Waals surface area contributed by atoms with E-state index in [2.05, 4.69) is 4.98 Å². The van der Waals surface area contributed by atoms with Gasteiger partial charge < -0.3 is 10.8 Å². The number of rotatable bonds is 2. The Kier molecular flexibility index (Phi) is 2.51.